The standard InChI is InChI=1S/C21H21FN4O2/c22-14-9-11-15(12-10-14)24-21(28)23-13-19-17-7-3-4-8-18(17)20(27)26(25-19)16-5-1-2-6-16/h3-4,7-12,16H,1-2,5-6,13H2,(H2,23,24,28). The van der Waals surface area contributed by atoms with E-state index >= 15 is 0 Å². The zero-order valence-corrected chi connectivity index (χ0v) is 15.3. The number of carbonyl (C=O) groups excluding carboxylic acids is 1. The Morgan fingerprint density at radius 1 is 1.07 bits per heavy atom. The lowest BCUT2D eigenvalue weighted by atomic mass is 10.1. The molecule has 2 amide bonds. The molecule has 2 aromatic carbocycles. The third-order valence-electron chi connectivity index (χ3n) is 5.09. The molecular formula is C21H21FN4O2. The molecule has 0 spiro atoms. The summed E-state index contributed by atoms with van der Waals surface area (Å²) < 4.78 is 14.6. The Morgan fingerprint density at radius 2 is 1.75 bits per heavy atom. The van der Waals surface area contributed by atoms with Gasteiger partial charge in [-0.25, -0.2) is 13.9 Å². The van der Waals surface area contributed by atoms with Crippen LogP contribution in [0.1, 0.15) is 37.4 Å². The first-order valence-electron chi connectivity index (χ1n) is 9.42. The Hall–Kier alpha value is -3.22. The van der Waals surface area contributed by atoms with Gasteiger partial charge < -0.3 is 10.6 Å². The summed E-state index contributed by atoms with van der Waals surface area (Å²) in [6.45, 7) is 0.181. The van der Waals surface area contributed by atoms with Gasteiger partial charge in [-0.05, 0) is 43.2 Å². The average Bonchev–Trinajstić information content (AvgIpc) is 3.24. The highest BCUT2D eigenvalue weighted by Crippen LogP contribution is 2.28. The normalized spacial score (nSPS) is 14.3. The first kappa shape index (κ1) is 18.2. The number of rotatable bonds is 4. The quantitative estimate of drug-likeness (QED) is 0.719. The molecule has 0 aliphatic heterocycles. The molecule has 1 heterocycles. The molecule has 6 nitrogen and oxygen atoms in total. The van der Waals surface area contributed by atoms with Crippen LogP contribution in [-0.4, -0.2) is 15.8 Å². The van der Waals surface area contributed by atoms with Crippen LogP contribution in [0.3, 0.4) is 0 Å². The molecular weight excluding hydrogens is 359 g/mol. The topological polar surface area (TPSA) is 76.0 Å². The number of halogens is 1. The summed E-state index contributed by atoms with van der Waals surface area (Å²) in [5, 5.41) is 11.4. The number of benzene rings is 2. The Balaban J connectivity index is 1.57. The van der Waals surface area contributed by atoms with E-state index in [-0.39, 0.29) is 24.0 Å². The molecule has 28 heavy (non-hydrogen) atoms. The van der Waals surface area contributed by atoms with Crippen molar-refractivity contribution in [2.75, 3.05) is 5.32 Å². The van der Waals surface area contributed by atoms with Crippen molar-refractivity contribution in [1.29, 1.82) is 0 Å². The van der Waals surface area contributed by atoms with Crippen molar-refractivity contribution in [3.8, 4) is 0 Å². The minimum absolute atomic E-state index is 0.0815. The second kappa shape index (κ2) is 7.80. The number of nitrogens with one attached hydrogen (secondary N) is 2. The SMILES string of the molecule is O=C(NCc1nn(C2CCCC2)c(=O)c2ccccc12)Nc1ccc(F)cc1. The molecule has 144 valence electrons. The Morgan fingerprint density at radius 3 is 2.46 bits per heavy atom. The largest absolute Gasteiger partial charge is 0.332 e. The number of hydrogen-bond donors (Lipinski definition) is 2. The third kappa shape index (κ3) is 3.74. The van der Waals surface area contributed by atoms with E-state index in [0.717, 1.165) is 31.1 Å². The molecule has 0 saturated heterocycles. The average molecular weight is 380 g/mol. The van der Waals surface area contributed by atoms with Gasteiger partial charge in [-0.3, -0.25) is 4.79 Å². The number of nitrogens with zero attached hydrogens (tertiary/aromatic N) is 2. The van der Waals surface area contributed by atoms with E-state index in [0.29, 0.717) is 16.8 Å². The molecule has 1 aliphatic carbocycles. The number of aromatic nitrogens is 2. The number of carbonyl (C=O) groups is 1. The highest BCUT2D eigenvalue weighted by atomic mass is 19.1. The van der Waals surface area contributed by atoms with E-state index in [2.05, 4.69) is 15.7 Å². The maximum atomic E-state index is 13.0. The Bertz CT molecular complexity index is 1060. The van der Waals surface area contributed by atoms with Gasteiger partial charge in [0.15, 0.2) is 0 Å². The van der Waals surface area contributed by atoms with Crippen molar-refractivity contribution < 1.29 is 9.18 Å². The zero-order chi connectivity index (χ0) is 19.5. The number of urea groups is 1. The van der Waals surface area contributed by atoms with Crippen LogP contribution >= 0.6 is 0 Å². The van der Waals surface area contributed by atoms with E-state index in [9.17, 15) is 14.0 Å². The Labute approximate surface area is 161 Å². The molecule has 0 bridgehead atoms. The molecule has 2 N–H and O–H groups in total. The van der Waals surface area contributed by atoms with E-state index in [1.54, 1.807) is 10.7 Å². The van der Waals surface area contributed by atoms with Gasteiger partial charge in [0.1, 0.15) is 5.82 Å². The third-order valence-corrected chi connectivity index (χ3v) is 5.09. The fourth-order valence-corrected chi connectivity index (χ4v) is 3.67. The summed E-state index contributed by atoms with van der Waals surface area (Å²) in [6.07, 6.45) is 4.09. The number of fused-ring (bicyclic) bond motifs is 1. The van der Waals surface area contributed by atoms with Crippen molar-refractivity contribution in [2.24, 2.45) is 0 Å². The van der Waals surface area contributed by atoms with Gasteiger partial charge in [-0.15, -0.1) is 0 Å². The minimum atomic E-state index is -0.420. The van der Waals surface area contributed by atoms with Crippen LogP contribution in [-0.2, 0) is 6.54 Å². The van der Waals surface area contributed by atoms with Crippen molar-refractivity contribution in [1.82, 2.24) is 15.1 Å². The molecule has 3 aromatic rings. The van der Waals surface area contributed by atoms with Gasteiger partial charge in [0, 0.05) is 11.1 Å². The van der Waals surface area contributed by atoms with Crippen LogP contribution in [0.25, 0.3) is 10.8 Å². The molecule has 1 fully saturated rings. The van der Waals surface area contributed by atoms with Crippen LogP contribution in [0.2, 0.25) is 0 Å². The molecule has 7 heteroatoms. The maximum Gasteiger partial charge on any atom is 0.319 e. The van der Waals surface area contributed by atoms with E-state index in [1.807, 2.05) is 18.2 Å². The van der Waals surface area contributed by atoms with E-state index in [1.165, 1.54) is 24.3 Å². The summed E-state index contributed by atoms with van der Waals surface area (Å²) in [7, 11) is 0. The fourth-order valence-electron chi connectivity index (χ4n) is 3.67. The van der Waals surface area contributed by atoms with Gasteiger partial charge in [0.25, 0.3) is 5.56 Å². The predicted molar refractivity (Wildman–Crippen MR) is 106 cm³/mol. The monoisotopic (exact) mass is 380 g/mol. The lowest BCUT2D eigenvalue weighted by Crippen LogP contribution is -2.32. The van der Waals surface area contributed by atoms with Crippen molar-refractivity contribution in [2.45, 2.75) is 38.3 Å². The molecule has 0 radical (unpaired) electrons. The summed E-state index contributed by atoms with van der Waals surface area (Å²) in [5.74, 6) is -0.365. The van der Waals surface area contributed by atoms with Gasteiger partial charge >= 0.3 is 6.03 Å². The first-order chi connectivity index (χ1) is 13.6. The van der Waals surface area contributed by atoms with Gasteiger partial charge in [0.05, 0.1) is 23.7 Å². The molecule has 1 aromatic heterocycles. The van der Waals surface area contributed by atoms with Crippen LogP contribution < -0.4 is 16.2 Å². The highest BCUT2D eigenvalue weighted by molar-refractivity contribution is 5.89. The van der Waals surface area contributed by atoms with Crippen LogP contribution in [0.5, 0.6) is 0 Å². The lowest BCUT2D eigenvalue weighted by Gasteiger charge is -2.16. The number of anilines is 1. The lowest BCUT2D eigenvalue weighted by molar-refractivity contribution is 0.251. The van der Waals surface area contributed by atoms with Crippen LogP contribution in [0, 0.1) is 5.82 Å². The molecule has 0 atom stereocenters. The molecule has 1 saturated carbocycles. The minimum Gasteiger partial charge on any atom is -0.332 e. The van der Waals surface area contributed by atoms with Gasteiger partial charge in [0.2, 0.25) is 0 Å². The van der Waals surface area contributed by atoms with Crippen molar-refractivity contribution >= 4 is 22.5 Å². The van der Waals surface area contributed by atoms with Crippen molar-refractivity contribution in [3.05, 3.63) is 70.4 Å². The van der Waals surface area contributed by atoms with Crippen molar-refractivity contribution in [3.63, 3.8) is 0 Å². The summed E-state index contributed by atoms with van der Waals surface area (Å²) in [5.41, 5.74) is 1.06. The molecule has 4 rings (SSSR count). The second-order valence-corrected chi connectivity index (χ2v) is 6.99. The van der Waals surface area contributed by atoms with Gasteiger partial charge in [-0.2, -0.15) is 5.10 Å². The smallest absolute Gasteiger partial charge is 0.319 e. The maximum absolute atomic E-state index is 13.0. The highest BCUT2D eigenvalue weighted by Gasteiger charge is 2.21. The zero-order valence-electron chi connectivity index (χ0n) is 15.3. The van der Waals surface area contributed by atoms with E-state index in [4.69, 9.17) is 0 Å². The van der Waals surface area contributed by atoms with Crippen LogP contribution in [0.15, 0.2) is 53.3 Å². The second-order valence-electron chi connectivity index (χ2n) is 6.99. The van der Waals surface area contributed by atoms with E-state index < -0.39 is 6.03 Å². The molecule has 1 aliphatic rings. The first-order valence-corrected chi connectivity index (χ1v) is 9.42. The van der Waals surface area contributed by atoms with Crippen LogP contribution in [0.4, 0.5) is 14.9 Å². The number of amides is 2. The number of hydrogen-bond acceptors (Lipinski definition) is 3. The summed E-state index contributed by atoms with van der Waals surface area (Å²) in [4.78, 5) is 25.0. The fraction of sp³-hybridized carbons (Fsp3) is 0.286. The molecule has 0 unspecified atom stereocenters. The summed E-state index contributed by atoms with van der Waals surface area (Å²) in [6, 6.07) is 12.6. The van der Waals surface area contributed by atoms with Gasteiger partial charge in [-0.1, -0.05) is 31.0 Å². The summed E-state index contributed by atoms with van der Waals surface area (Å²) >= 11 is 0. The Kier molecular flexibility index (Phi) is 5.06. The predicted octanol–water partition coefficient (Wildman–Crippen LogP) is 3.97.